The second-order valence-corrected chi connectivity index (χ2v) is 19.9. The number of hydrogen-bond donors (Lipinski definition) is 0. The van der Waals surface area contributed by atoms with Crippen molar-refractivity contribution in [2.45, 2.75) is 5.41 Å². The molecule has 0 radical (unpaired) electrons. The molecule has 0 bridgehead atoms. The van der Waals surface area contributed by atoms with Gasteiger partial charge in [0, 0.05) is 38.5 Å². The first kappa shape index (κ1) is 41.0. The van der Waals surface area contributed by atoms with Gasteiger partial charge in [-0.2, -0.15) is 0 Å². The number of aromatic nitrogens is 1. The Morgan fingerprint density at radius 2 is 0.905 bits per heavy atom. The second kappa shape index (κ2) is 15.6. The highest BCUT2D eigenvalue weighted by Crippen LogP contribution is 2.62. The lowest BCUT2D eigenvalue weighted by atomic mass is 9.65. The highest BCUT2D eigenvalue weighted by Gasteiger charge is 2.51. The minimum Gasteiger partial charge on any atom is -0.456 e. The maximum atomic E-state index is 6.25. The number of furan rings is 1. The normalized spacial score (nSPS) is 14.3. The zero-order chi connectivity index (χ0) is 48.5. The maximum absolute atomic E-state index is 6.25. The fraction of sp³-hybridized carbons (Fsp3) is 0.0141. The molecule has 0 amide bonds. The van der Waals surface area contributed by atoms with E-state index in [1.807, 2.05) is 12.1 Å². The minimum atomic E-state index is -0.603. The topological polar surface area (TPSA) is 21.3 Å². The van der Waals surface area contributed by atoms with E-state index in [0.29, 0.717) is 0 Å². The molecule has 74 heavy (non-hydrogen) atoms. The van der Waals surface area contributed by atoms with E-state index in [2.05, 4.69) is 264 Å². The molecule has 1 atom stereocenters. The van der Waals surface area contributed by atoms with Crippen molar-refractivity contribution in [1.29, 1.82) is 0 Å². The number of nitrogens with zero attached hydrogens (tertiary/aromatic N) is 2. The SMILES string of the molecule is c1ccc(-c2cccc3ccccc23)c(-c2ccccc2N(c2ccc(-c3ccc4oc5ccccc5c4c3)cc2)c2ccc3c(c2)C2(c4ccccc4-3)c3ccccc3-n3c4ccccc4c4cccc2c43)c1. The lowest BCUT2D eigenvalue weighted by Crippen LogP contribution is -2.33. The summed E-state index contributed by atoms with van der Waals surface area (Å²) < 4.78 is 8.77. The molecule has 12 aromatic carbocycles. The van der Waals surface area contributed by atoms with Crippen molar-refractivity contribution in [3.8, 4) is 50.2 Å². The van der Waals surface area contributed by atoms with Crippen LogP contribution in [0, 0.1) is 0 Å². The quantitative estimate of drug-likeness (QED) is 0.166. The molecule has 1 aliphatic heterocycles. The molecule has 0 N–H and O–H groups in total. The van der Waals surface area contributed by atoms with Crippen LogP contribution in [-0.2, 0) is 5.41 Å². The van der Waals surface area contributed by atoms with Gasteiger partial charge >= 0.3 is 0 Å². The fourth-order valence-corrected chi connectivity index (χ4v) is 13.1. The summed E-state index contributed by atoms with van der Waals surface area (Å²) in [6.07, 6.45) is 0. The minimum absolute atomic E-state index is 0.603. The Labute approximate surface area is 428 Å². The first-order valence-corrected chi connectivity index (χ1v) is 25.6. The summed E-state index contributed by atoms with van der Waals surface area (Å²) in [5, 5.41) is 7.25. The number of anilines is 3. The summed E-state index contributed by atoms with van der Waals surface area (Å²) in [6.45, 7) is 0. The van der Waals surface area contributed by atoms with Crippen LogP contribution in [0.25, 0.3) is 105 Å². The van der Waals surface area contributed by atoms with E-state index in [-0.39, 0.29) is 0 Å². The van der Waals surface area contributed by atoms with Crippen LogP contribution < -0.4 is 4.90 Å². The average molecular weight is 941 g/mol. The number of benzene rings is 12. The van der Waals surface area contributed by atoms with E-state index in [1.165, 1.54) is 88.3 Å². The number of rotatable bonds is 6. The lowest BCUT2D eigenvalue weighted by Gasteiger charge is -2.40. The van der Waals surface area contributed by atoms with Crippen LogP contribution in [-0.4, -0.2) is 4.57 Å². The summed E-state index contributed by atoms with van der Waals surface area (Å²) in [5.41, 5.74) is 22.9. The van der Waals surface area contributed by atoms with Gasteiger partial charge in [0.2, 0.25) is 0 Å². The molecular weight excluding hydrogens is 897 g/mol. The monoisotopic (exact) mass is 940 g/mol. The maximum Gasteiger partial charge on any atom is 0.135 e. The zero-order valence-electron chi connectivity index (χ0n) is 40.2. The van der Waals surface area contributed by atoms with Crippen molar-refractivity contribution in [3.05, 3.63) is 289 Å². The van der Waals surface area contributed by atoms with Crippen molar-refractivity contribution < 1.29 is 4.42 Å². The van der Waals surface area contributed by atoms with Crippen molar-refractivity contribution >= 4 is 71.6 Å². The number of fused-ring (bicyclic) bond motifs is 16. The van der Waals surface area contributed by atoms with Crippen molar-refractivity contribution in [2.24, 2.45) is 0 Å². The molecule has 2 aromatic heterocycles. The average Bonchev–Trinajstić information content (AvgIpc) is 4.19. The first-order valence-electron chi connectivity index (χ1n) is 25.6. The van der Waals surface area contributed by atoms with Crippen LogP contribution in [0.2, 0.25) is 0 Å². The van der Waals surface area contributed by atoms with Crippen molar-refractivity contribution in [3.63, 3.8) is 0 Å². The van der Waals surface area contributed by atoms with Gasteiger partial charge in [-0.1, -0.05) is 206 Å². The molecule has 0 saturated heterocycles. The van der Waals surface area contributed by atoms with Gasteiger partial charge in [0.1, 0.15) is 11.2 Å². The Morgan fingerprint density at radius 3 is 1.78 bits per heavy atom. The number of hydrogen-bond acceptors (Lipinski definition) is 2. The van der Waals surface area contributed by atoms with Gasteiger partial charge in [-0.3, -0.25) is 0 Å². The molecule has 1 aliphatic carbocycles. The standard InChI is InChI=1S/C71H44N2O/c1-2-19-50-46(17-1)18-15-26-51(50)52-20-3-4-21-53(52)56-23-6-11-31-65(56)72(48-38-35-45(36-39-48)47-37-42-69-60(43-47)58-25-8-14-34-68(58)74-69)49-40-41-55-54-22-5-9-28-61(54)71(64(55)44-49)62-29-10-13-33-67(62)73-66-32-12-7-24-57(66)59-27-16-30-63(71)70(59)73/h1-44H. The van der Waals surface area contributed by atoms with E-state index in [4.69, 9.17) is 4.42 Å². The summed E-state index contributed by atoms with van der Waals surface area (Å²) in [5.74, 6) is 0. The van der Waals surface area contributed by atoms with E-state index in [0.717, 1.165) is 55.7 Å². The first-order chi connectivity index (χ1) is 36.7. The molecule has 3 heterocycles. The molecule has 0 fully saturated rings. The van der Waals surface area contributed by atoms with E-state index < -0.39 is 5.41 Å². The summed E-state index contributed by atoms with van der Waals surface area (Å²) in [6, 6.07) is 98.7. The lowest BCUT2D eigenvalue weighted by molar-refractivity contribution is 0.669. The molecule has 0 saturated carbocycles. The predicted octanol–water partition coefficient (Wildman–Crippen LogP) is 19.0. The molecule has 14 aromatic rings. The predicted molar refractivity (Wildman–Crippen MR) is 307 cm³/mol. The smallest absolute Gasteiger partial charge is 0.135 e. The molecular formula is C71H44N2O. The van der Waals surface area contributed by atoms with Gasteiger partial charge in [-0.25, -0.2) is 0 Å². The van der Waals surface area contributed by atoms with Crippen molar-refractivity contribution in [1.82, 2.24) is 4.57 Å². The molecule has 2 aliphatic rings. The summed E-state index contributed by atoms with van der Waals surface area (Å²) >= 11 is 0. The van der Waals surface area contributed by atoms with Gasteiger partial charge in [0.05, 0.1) is 27.8 Å². The Hall–Kier alpha value is -9.70. The highest BCUT2D eigenvalue weighted by atomic mass is 16.3. The van der Waals surface area contributed by atoms with Crippen LogP contribution in [0.1, 0.15) is 22.3 Å². The van der Waals surface area contributed by atoms with E-state index >= 15 is 0 Å². The largest absolute Gasteiger partial charge is 0.456 e. The second-order valence-electron chi connectivity index (χ2n) is 19.9. The van der Waals surface area contributed by atoms with Crippen LogP contribution in [0.5, 0.6) is 0 Å². The zero-order valence-corrected chi connectivity index (χ0v) is 40.2. The van der Waals surface area contributed by atoms with Crippen LogP contribution >= 0.6 is 0 Å². The van der Waals surface area contributed by atoms with Gasteiger partial charge in [-0.15, -0.1) is 0 Å². The molecule has 344 valence electrons. The molecule has 3 heteroatoms. The third-order valence-corrected chi connectivity index (χ3v) is 16.2. The third-order valence-electron chi connectivity index (χ3n) is 16.2. The number of para-hydroxylation sites is 5. The van der Waals surface area contributed by atoms with Gasteiger partial charge in [-0.05, 0) is 133 Å². The van der Waals surface area contributed by atoms with Crippen LogP contribution in [0.4, 0.5) is 17.1 Å². The Kier molecular flexibility index (Phi) is 8.66. The van der Waals surface area contributed by atoms with E-state index in [9.17, 15) is 0 Å². The molecule has 3 nitrogen and oxygen atoms in total. The molecule has 16 rings (SSSR count). The third kappa shape index (κ3) is 5.66. The van der Waals surface area contributed by atoms with Gasteiger partial charge in [0.25, 0.3) is 0 Å². The van der Waals surface area contributed by atoms with E-state index in [1.54, 1.807) is 0 Å². The summed E-state index contributed by atoms with van der Waals surface area (Å²) in [4.78, 5) is 2.50. The Balaban J connectivity index is 0.945. The van der Waals surface area contributed by atoms with Crippen LogP contribution in [0.15, 0.2) is 271 Å². The Morgan fingerprint density at radius 1 is 0.324 bits per heavy atom. The fourth-order valence-electron chi connectivity index (χ4n) is 13.1. The van der Waals surface area contributed by atoms with Gasteiger partial charge in [0.15, 0.2) is 0 Å². The molecule has 1 spiro atoms. The van der Waals surface area contributed by atoms with Crippen LogP contribution in [0.3, 0.4) is 0 Å². The van der Waals surface area contributed by atoms with Crippen molar-refractivity contribution in [2.75, 3.05) is 4.90 Å². The molecule has 1 unspecified atom stereocenters. The van der Waals surface area contributed by atoms with Gasteiger partial charge < -0.3 is 13.9 Å². The Bertz CT molecular complexity index is 4620. The summed E-state index contributed by atoms with van der Waals surface area (Å²) in [7, 11) is 0. The highest BCUT2D eigenvalue weighted by molar-refractivity contribution is 6.13.